The van der Waals surface area contributed by atoms with Crippen molar-refractivity contribution in [2.75, 3.05) is 6.54 Å². The quantitative estimate of drug-likeness (QED) is 0.580. The molecule has 0 fully saturated rings. The normalized spacial score (nSPS) is 11.2. The second-order valence-electron chi connectivity index (χ2n) is 6.59. The van der Waals surface area contributed by atoms with Crippen LogP contribution in [-0.2, 0) is 6.54 Å². The summed E-state index contributed by atoms with van der Waals surface area (Å²) in [5.41, 5.74) is 1.04. The van der Waals surface area contributed by atoms with Crippen LogP contribution < -0.4 is 0 Å². The van der Waals surface area contributed by atoms with Crippen molar-refractivity contribution in [2.24, 2.45) is 0 Å². The predicted molar refractivity (Wildman–Crippen MR) is 100 cm³/mol. The molecular weight excluding hydrogens is 400 g/mol. The molecule has 0 bridgehead atoms. The minimum Gasteiger partial charge on any atom is -0.325 e. The number of rotatable bonds is 5. The number of amides is 1. The first-order chi connectivity index (χ1) is 14.2. The van der Waals surface area contributed by atoms with Gasteiger partial charge in [-0.15, -0.1) is 0 Å². The van der Waals surface area contributed by atoms with Gasteiger partial charge in [0.25, 0.3) is 5.91 Å². The van der Waals surface area contributed by atoms with Crippen molar-refractivity contribution in [3.05, 3.63) is 82.9 Å². The number of nitriles is 1. The summed E-state index contributed by atoms with van der Waals surface area (Å²) in [6.07, 6.45) is -3.48. The van der Waals surface area contributed by atoms with Crippen LogP contribution in [0, 0.1) is 24.1 Å². The Balaban J connectivity index is 1.93. The van der Waals surface area contributed by atoms with Gasteiger partial charge in [0.1, 0.15) is 18.0 Å². The lowest BCUT2D eigenvalue weighted by molar-refractivity contribution is -0.141. The zero-order chi connectivity index (χ0) is 21.9. The fourth-order valence-electron chi connectivity index (χ4n) is 2.98. The molecule has 30 heavy (non-hydrogen) atoms. The van der Waals surface area contributed by atoms with Crippen LogP contribution in [0.5, 0.6) is 0 Å². The molecule has 0 aliphatic heterocycles. The smallest absolute Gasteiger partial charge is 0.325 e. The van der Waals surface area contributed by atoms with Crippen molar-refractivity contribution in [3.8, 4) is 11.8 Å². The Morgan fingerprint density at radius 3 is 2.43 bits per heavy atom. The summed E-state index contributed by atoms with van der Waals surface area (Å²) in [6.45, 7) is -0.287. The molecule has 0 atom stereocenters. The molecule has 0 N–H and O–H groups in total. The molecule has 0 aliphatic rings. The SMILES string of the molecule is Cc1c(C(=O)N(Cc2ccc(C#N)cc2)CC(F)(F)F)cnn1-c1ccccc1F. The predicted octanol–water partition coefficient (Wildman–Crippen LogP) is 4.40. The Morgan fingerprint density at radius 2 is 1.83 bits per heavy atom. The van der Waals surface area contributed by atoms with Gasteiger partial charge in [-0.1, -0.05) is 24.3 Å². The molecule has 0 aliphatic carbocycles. The van der Waals surface area contributed by atoms with Crippen LogP contribution in [0.4, 0.5) is 17.6 Å². The lowest BCUT2D eigenvalue weighted by Crippen LogP contribution is -2.38. The number of hydrogen-bond acceptors (Lipinski definition) is 3. The van der Waals surface area contributed by atoms with E-state index in [0.717, 1.165) is 6.20 Å². The average molecular weight is 416 g/mol. The molecule has 1 amide bonds. The van der Waals surface area contributed by atoms with Gasteiger partial charge in [-0.3, -0.25) is 4.79 Å². The highest BCUT2D eigenvalue weighted by Crippen LogP contribution is 2.23. The molecule has 0 saturated heterocycles. The van der Waals surface area contributed by atoms with Crippen LogP contribution >= 0.6 is 0 Å². The third kappa shape index (κ3) is 4.66. The van der Waals surface area contributed by atoms with Crippen molar-refractivity contribution in [1.82, 2.24) is 14.7 Å². The number of alkyl halides is 3. The minimum absolute atomic E-state index is 0.0591. The van der Waals surface area contributed by atoms with Gasteiger partial charge in [0.05, 0.1) is 29.1 Å². The van der Waals surface area contributed by atoms with Gasteiger partial charge in [0.15, 0.2) is 0 Å². The summed E-state index contributed by atoms with van der Waals surface area (Å²) in [5, 5.41) is 12.8. The first-order valence-electron chi connectivity index (χ1n) is 8.84. The van der Waals surface area contributed by atoms with Crippen LogP contribution in [0.3, 0.4) is 0 Å². The molecule has 2 aromatic carbocycles. The Hall–Kier alpha value is -3.67. The molecule has 0 radical (unpaired) electrons. The zero-order valence-corrected chi connectivity index (χ0v) is 15.8. The van der Waals surface area contributed by atoms with E-state index in [0.29, 0.717) is 16.0 Å². The first kappa shape index (κ1) is 21.0. The van der Waals surface area contributed by atoms with E-state index in [9.17, 15) is 22.4 Å². The molecule has 9 heteroatoms. The molecule has 3 aromatic rings. The molecule has 0 saturated carbocycles. The van der Waals surface area contributed by atoms with E-state index in [1.54, 1.807) is 6.07 Å². The van der Waals surface area contributed by atoms with Crippen LogP contribution in [0.1, 0.15) is 27.2 Å². The summed E-state index contributed by atoms with van der Waals surface area (Å²) in [4.78, 5) is 13.6. The van der Waals surface area contributed by atoms with Gasteiger partial charge in [-0.05, 0) is 36.8 Å². The highest BCUT2D eigenvalue weighted by Gasteiger charge is 2.34. The Kier molecular flexibility index (Phi) is 5.87. The third-order valence-corrected chi connectivity index (χ3v) is 4.43. The molecule has 1 heterocycles. The molecular formula is C21H16F4N4O. The number of benzene rings is 2. The van der Waals surface area contributed by atoms with Gasteiger partial charge in [-0.2, -0.15) is 23.5 Å². The highest BCUT2D eigenvalue weighted by atomic mass is 19.4. The van der Waals surface area contributed by atoms with Crippen molar-refractivity contribution >= 4 is 5.91 Å². The van der Waals surface area contributed by atoms with Gasteiger partial charge in [0, 0.05) is 6.54 Å². The summed E-state index contributed by atoms with van der Waals surface area (Å²) in [7, 11) is 0. The van der Waals surface area contributed by atoms with Crippen LogP contribution in [-0.4, -0.2) is 33.3 Å². The Bertz CT molecular complexity index is 1100. The van der Waals surface area contributed by atoms with E-state index in [1.807, 2.05) is 6.07 Å². The van der Waals surface area contributed by atoms with Gasteiger partial charge < -0.3 is 4.90 Å². The van der Waals surface area contributed by atoms with Crippen LogP contribution in [0.25, 0.3) is 5.69 Å². The topological polar surface area (TPSA) is 61.9 Å². The zero-order valence-electron chi connectivity index (χ0n) is 15.8. The minimum atomic E-state index is -4.61. The van der Waals surface area contributed by atoms with Crippen molar-refractivity contribution in [1.29, 1.82) is 5.26 Å². The molecule has 5 nitrogen and oxygen atoms in total. The second kappa shape index (κ2) is 8.37. The molecule has 1 aromatic heterocycles. The van der Waals surface area contributed by atoms with E-state index in [1.165, 1.54) is 54.1 Å². The maximum atomic E-state index is 14.1. The fraction of sp³-hybridized carbons (Fsp3) is 0.190. The number of carbonyl (C=O) groups is 1. The summed E-state index contributed by atoms with van der Waals surface area (Å²) in [6, 6.07) is 13.6. The lowest BCUT2D eigenvalue weighted by Gasteiger charge is -2.24. The summed E-state index contributed by atoms with van der Waals surface area (Å²) >= 11 is 0. The first-order valence-corrected chi connectivity index (χ1v) is 8.84. The standard InChI is InChI=1S/C21H16F4N4O/c1-14-17(11-27-29(14)19-5-3-2-4-18(19)22)20(30)28(13-21(23,24)25)12-16-8-6-15(10-26)7-9-16/h2-9,11H,12-13H2,1H3. The number of para-hydroxylation sites is 1. The van der Waals surface area contributed by atoms with Gasteiger partial charge in [-0.25, -0.2) is 9.07 Å². The maximum absolute atomic E-state index is 14.1. The van der Waals surface area contributed by atoms with E-state index >= 15 is 0 Å². The average Bonchev–Trinajstić information content (AvgIpc) is 3.08. The number of aromatic nitrogens is 2. The summed E-state index contributed by atoms with van der Waals surface area (Å²) < 4.78 is 54.6. The number of nitrogens with zero attached hydrogens (tertiary/aromatic N) is 4. The van der Waals surface area contributed by atoms with E-state index in [2.05, 4.69) is 5.10 Å². The van der Waals surface area contributed by atoms with E-state index in [-0.39, 0.29) is 23.5 Å². The third-order valence-electron chi connectivity index (χ3n) is 4.43. The molecule has 154 valence electrons. The number of hydrogen-bond donors (Lipinski definition) is 0. The highest BCUT2D eigenvalue weighted by molar-refractivity contribution is 5.95. The monoisotopic (exact) mass is 416 g/mol. The van der Waals surface area contributed by atoms with Crippen LogP contribution in [0.15, 0.2) is 54.7 Å². The second-order valence-corrected chi connectivity index (χ2v) is 6.59. The largest absolute Gasteiger partial charge is 0.406 e. The maximum Gasteiger partial charge on any atom is 0.406 e. The van der Waals surface area contributed by atoms with Crippen LogP contribution in [0.2, 0.25) is 0 Å². The van der Waals surface area contributed by atoms with Crippen molar-refractivity contribution in [2.45, 2.75) is 19.6 Å². The van der Waals surface area contributed by atoms with Gasteiger partial charge in [0.2, 0.25) is 0 Å². The summed E-state index contributed by atoms with van der Waals surface area (Å²) in [5.74, 6) is -1.45. The van der Waals surface area contributed by atoms with Crippen molar-refractivity contribution < 1.29 is 22.4 Å². The fourth-order valence-corrected chi connectivity index (χ4v) is 2.98. The van der Waals surface area contributed by atoms with Crippen molar-refractivity contribution in [3.63, 3.8) is 0 Å². The van der Waals surface area contributed by atoms with Gasteiger partial charge >= 0.3 is 6.18 Å². The van der Waals surface area contributed by atoms with E-state index in [4.69, 9.17) is 5.26 Å². The van der Waals surface area contributed by atoms with E-state index < -0.39 is 24.4 Å². The molecule has 0 unspecified atom stereocenters. The number of halogens is 4. The Labute approximate surface area is 169 Å². The Morgan fingerprint density at radius 1 is 1.17 bits per heavy atom. The number of carbonyl (C=O) groups excluding carboxylic acids is 1. The molecule has 3 rings (SSSR count). The molecule has 0 spiro atoms. The lowest BCUT2D eigenvalue weighted by atomic mass is 10.1.